The number of ether oxygens (including phenoxy) is 1. The monoisotopic (exact) mass is 344 g/mol. The standard InChI is InChI=1S/C18H17ClN2OS/c1-20-17(23)21-10-13-4-2-3-5-15(13)18(11-21)9-12-6-7-14(19)8-16(12)22-18/h2-3,5-8,10H,4,9,11H2,1H3,(H,20,23). The van der Waals surface area contributed by atoms with Gasteiger partial charge in [-0.25, -0.2) is 0 Å². The molecule has 0 saturated carbocycles. The number of rotatable bonds is 0. The Hall–Kier alpha value is -1.78. The average molecular weight is 345 g/mol. The van der Waals surface area contributed by atoms with Crippen molar-refractivity contribution in [2.45, 2.75) is 18.4 Å². The van der Waals surface area contributed by atoms with Crippen molar-refractivity contribution in [2.24, 2.45) is 0 Å². The highest BCUT2D eigenvalue weighted by Crippen LogP contribution is 2.46. The molecule has 4 rings (SSSR count). The second kappa shape index (κ2) is 5.39. The van der Waals surface area contributed by atoms with E-state index >= 15 is 0 Å². The van der Waals surface area contributed by atoms with Crippen LogP contribution in [0.25, 0.3) is 0 Å². The predicted octanol–water partition coefficient (Wildman–Crippen LogP) is 3.60. The van der Waals surface area contributed by atoms with Crippen LogP contribution in [-0.2, 0) is 6.42 Å². The van der Waals surface area contributed by atoms with Crippen molar-refractivity contribution in [1.29, 1.82) is 0 Å². The molecule has 1 spiro atoms. The Morgan fingerprint density at radius 1 is 1.43 bits per heavy atom. The predicted molar refractivity (Wildman–Crippen MR) is 96.8 cm³/mol. The molecule has 1 atom stereocenters. The number of fused-ring (bicyclic) bond motifs is 3. The molecule has 2 heterocycles. The minimum absolute atomic E-state index is 0.400. The second-order valence-electron chi connectivity index (χ2n) is 6.08. The summed E-state index contributed by atoms with van der Waals surface area (Å²) in [6.45, 7) is 0.697. The van der Waals surface area contributed by atoms with Crippen molar-refractivity contribution in [2.75, 3.05) is 13.6 Å². The Morgan fingerprint density at radius 2 is 2.30 bits per heavy atom. The molecule has 118 valence electrons. The lowest BCUT2D eigenvalue weighted by atomic mass is 9.79. The van der Waals surface area contributed by atoms with Crippen molar-refractivity contribution >= 4 is 28.9 Å². The largest absolute Gasteiger partial charge is 0.480 e. The maximum atomic E-state index is 6.45. The lowest BCUT2D eigenvalue weighted by molar-refractivity contribution is 0.110. The van der Waals surface area contributed by atoms with Gasteiger partial charge in [0.1, 0.15) is 5.75 Å². The first-order valence-electron chi connectivity index (χ1n) is 7.65. The molecule has 1 aromatic carbocycles. The molecule has 3 nitrogen and oxygen atoms in total. The average Bonchev–Trinajstić information content (AvgIpc) is 2.91. The molecule has 2 aliphatic heterocycles. The SMILES string of the molecule is CNC(=S)N1C=C2CC=CC=C2C2(Cc3ccc(Cl)cc3O2)C1. The highest BCUT2D eigenvalue weighted by Gasteiger charge is 2.47. The summed E-state index contributed by atoms with van der Waals surface area (Å²) >= 11 is 11.6. The maximum absolute atomic E-state index is 6.45. The summed E-state index contributed by atoms with van der Waals surface area (Å²) in [5, 5.41) is 4.48. The van der Waals surface area contributed by atoms with E-state index in [1.165, 1.54) is 16.7 Å². The van der Waals surface area contributed by atoms with Gasteiger partial charge < -0.3 is 15.0 Å². The van der Waals surface area contributed by atoms with Gasteiger partial charge in [-0.2, -0.15) is 0 Å². The molecule has 23 heavy (non-hydrogen) atoms. The zero-order valence-corrected chi connectivity index (χ0v) is 14.4. The molecule has 0 bridgehead atoms. The molecule has 0 saturated heterocycles. The third-order valence-electron chi connectivity index (χ3n) is 4.60. The minimum atomic E-state index is -0.400. The van der Waals surface area contributed by atoms with Crippen LogP contribution < -0.4 is 10.1 Å². The smallest absolute Gasteiger partial charge is 0.172 e. The highest BCUT2D eigenvalue weighted by molar-refractivity contribution is 7.80. The molecule has 0 fully saturated rings. The number of nitrogens with zero attached hydrogens (tertiary/aromatic N) is 1. The van der Waals surface area contributed by atoms with E-state index < -0.39 is 5.60 Å². The summed E-state index contributed by atoms with van der Waals surface area (Å²) in [5.41, 5.74) is 3.31. The van der Waals surface area contributed by atoms with Crippen LogP contribution in [-0.4, -0.2) is 29.2 Å². The first-order chi connectivity index (χ1) is 11.1. The molecule has 1 unspecified atom stereocenters. The molecule has 5 heteroatoms. The van der Waals surface area contributed by atoms with Crippen molar-refractivity contribution in [3.8, 4) is 5.75 Å². The Labute approximate surface area is 146 Å². The van der Waals surface area contributed by atoms with Gasteiger partial charge in [-0.1, -0.05) is 35.9 Å². The van der Waals surface area contributed by atoms with Gasteiger partial charge in [0.2, 0.25) is 0 Å². The normalized spacial score (nSPS) is 24.5. The third kappa shape index (κ3) is 2.37. The fraction of sp³-hybridized carbons (Fsp3) is 0.278. The number of benzene rings is 1. The van der Waals surface area contributed by atoms with E-state index in [0.29, 0.717) is 16.7 Å². The Balaban J connectivity index is 1.78. The van der Waals surface area contributed by atoms with Gasteiger partial charge in [0, 0.05) is 30.3 Å². The molecule has 3 aliphatic rings. The zero-order chi connectivity index (χ0) is 16.0. The molecular formula is C18H17ClN2OS. The van der Waals surface area contributed by atoms with Crippen molar-refractivity contribution in [1.82, 2.24) is 10.2 Å². The Kier molecular flexibility index (Phi) is 3.47. The Bertz CT molecular complexity index is 783. The summed E-state index contributed by atoms with van der Waals surface area (Å²) in [5.74, 6) is 0.879. The van der Waals surface area contributed by atoms with Crippen LogP contribution in [0.1, 0.15) is 12.0 Å². The van der Waals surface area contributed by atoms with E-state index in [-0.39, 0.29) is 0 Å². The maximum Gasteiger partial charge on any atom is 0.172 e. The van der Waals surface area contributed by atoms with Crippen LogP contribution >= 0.6 is 23.8 Å². The number of hydrogen-bond acceptors (Lipinski definition) is 2. The van der Waals surface area contributed by atoms with Crippen LogP contribution in [0.2, 0.25) is 5.02 Å². The van der Waals surface area contributed by atoms with Gasteiger partial charge in [0.15, 0.2) is 10.7 Å². The lowest BCUT2D eigenvalue weighted by Gasteiger charge is -2.42. The van der Waals surface area contributed by atoms with E-state index in [9.17, 15) is 0 Å². The minimum Gasteiger partial charge on any atom is -0.480 e. The van der Waals surface area contributed by atoms with Crippen LogP contribution in [0.15, 0.2) is 53.8 Å². The van der Waals surface area contributed by atoms with Gasteiger partial charge in [-0.05, 0) is 41.9 Å². The van der Waals surface area contributed by atoms with Gasteiger partial charge in [-0.3, -0.25) is 0 Å². The van der Waals surface area contributed by atoms with Gasteiger partial charge in [0.05, 0.1) is 6.54 Å². The highest BCUT2D eigenvalue weighted by atomic mass is 35.5. The number of hydrogen-bond donors (Lipinski definition) is 1. The van der Waals surface area contributed by atoms with Crippen LogP contribution in [0, 0.1) is 0 Å². The number of allylic oxidation sites excluding steroid dienone is 3. The zero-order valence-electron chi connectivity index (χ0n) is 12.8. The number of halogens is 1. The molecule has 0 aromatic heterocycles. The van der Waals surface area contributed by atoms with Crippen LogP contribution in [0.5, 0.6) is 5.75 Å². The van der Waals surface area contributed by atoms with E-state index in [1.54, 1.807) is 0 Å². The molecular weight excluding hydrogens is 328 g/mol. The fourth-order valence-corrected chi connectivity index (χ4v) is 3.85. The van der Waals surface area contributed by atoms with Gasteiger partial charge in [0.25, 0.3) is 0 Å². The molecule has 0 amide bonds. The first-order valence-corrected chi connectivity index (χ1v) is 8.44. The van der Waals surface area contributed by atoms with E-state index in [0.717, 1.165) is 18.6 Å². The second-order valence-corrected chi connectivity index (χ2v) is 6.90. The topological polar surface area (TPSA) is 24.5 Å². The van der Waals surface area contributed by atoms with Crippen LogP contribution in [0.3, 0.4) is 0 Å². The van der Waals surface area contributed by atoms with E-state index in [4.69, 9.17) is 28.6 Å². The third-order valence-corrected chi connectivity index (χ3v) is 5.27. The van der Waals surface area contributed by atoms with Gasteiger partial charge in [-0.15, -0.1) is 0 Å². The molecule has 1 N–H and O–H groups in total. The Morgan fingerprint density at radius 3 is 3.13 bits per heavy atom. The van der Waals surface area contributed by atoms with Crippen LogP contribution in [0.4, 0.5) is 0 Å². The summed E-state index contributed by atoms with van der Waals surface area (Å²) in [7, 11) is 1.85. The summed E-state index contributed by atoms with van der Waals surface area (Å²) < 4.78 is 6.45. The summed E-state index contributed by atoms with van der Waals surface area (Å²) in [6, 6.07) is 5.89. The van der Waals surface area contributed by atoms with E-state index in [2.05, 4.69) is 40.7 Å². The van der Waals surface area contributed by atoms with Crippen molar-refractivity contribution < 1.29 is 4.74 Å². The number of nitrogens with one attached hydrogen (secondary N) is 1. The fourth-order valence-electron chi connectivity index (χ4n) is 3.57. The molecule has 1 aromatic rings. The molecule has 1 aliphatic carbocycles. The summed E-state index contributed by atoms with van der Waals surface area (Å²) in [4.78, 5) is 2.08. The first kappa shape index (κ1) is 14.8. The van der Waals surface area contributed by atoms with Crippen molar-refractivity contribution in [3.05, 3.63) is 64.4 Å². The molecule has 0 radical (unpaired) electrons. The number of thiocarbonyl (C=S) groups is 1. The quantitative estimate of drug-likeness (QED) is 0.727. The van der Waals surface area contributed by atoms with Gasteiger partial charge >= 0.3 is 0 Å². The lowest BCUT2D eigenvalue weighted by Crippen LogP contribution is -2.53. The van der Waals surface area contributed by atoms with Crippen molar-refractivity contribution in [3.63, 3.8) is 0 Å². The summed E-state index contributed by atoms with van der Waals surface area (Å²) in [6.07, 6.45) is 10.3. The van der Waals surface area contributed by atoms with E-state index in [1.807, 2.05) is 19.2 Å².